The van der Waals surface area contributed by atoms with Crippen molar-refractivity contribution >= 4 is 38.5 Å². The summed E-state index contributed by atoms with van der Waals surface area (Å²) >= 11 is 0. The largest absolute Gasteiger partial charge is 0.465 e. The van der Waals surface area contributed by atoms with E-state index in [2.05, 4.69) is 25.0 Å². The van der Waals surface area contributed by atoms with E-state index in [1.807, 2.05) is 6.92 Å². The van der Waals surface area contributed by atoms with Crippen LogP contribution in [-0.2, 0) is 10.0 Å². The van der Waals surface area contributed by atoms with Gasteiger partial charge >= 0.3 is 12.3 Å². The lowest BCUT2D eigenvalue weighted by Gasteiger charge is -2.31. The van der Waals surface area contributed by atoms with Gasteiger partial charge < -0.3 is 20.1 Å². The monoisotopic (exact) mass is 644 g/mol. The van der Waals surface area contributed by atoms with Crippen molar-refractivity contribution in [3.8, 4) is 22.9 Å². The Kier molecular flexibility index (Phi) is 9.00. The number of hydrogen-bond donors (Lipinski definition) is 3. The van der Waals surface area contributed by atoms with Gasteiger partial charge in [0, 0.05) is 42.3 Å². The number of amides is 1. The number of aryl methyl sites for hydroxylation is 2. The molecule has 4 aromatic rings. The van der Waals surface area contributed by atoms with Gasteiger partial charge in [0.2, 0.25) is 21.9 Å². The van der Waals surface area contributed by atoms with Gasteiger partial charge in [-0.15, -0.1) is 0 Å². The first-order valence-corrected chi connectivity index (χ1v) is 15.8. The zero-order chi connectivity index (χ0) is 32.4. The van der Waals surface area contributed by atoms with Gasteiger partial charge in [-0.1, -0.05) is 24.3 Å². The Morgan fingerprint density at radius 3 is 2.58 bits per heavy atom. The smallest absolute Gasteiger partial charge is 0.407 e. The van der Waals surface area contributed by atoms with Crippen molar-refractivity contribution in [1.82, 2.24) is 19.9 Å². The van der Waals surface area contributed by atoms with E-state index in [4.69, 9.17) is 4.74 Å². The first-order chi connectivity index (χ1) is 21.3. The summed E-state index contributed by atoms with van der Waals surface area (Å²) in [5.74, 6) is -0.196. The molecule has 1 aliphatic rings. The third-order valence-electron chi connectivity index (χ3n) is 7.40. The van der Waals surface area contributed by atoms with Crippen molar-refractivity contribution < 1.29 is 36.2 Å². The van der Waals surface area contributed by atoms with Crippen LogP contribution >= 0.6 is 0 Å². The zero-order valence-corrected chi connectivity index (χ0v) is 25.2. The third-order valence-corrected chi connectivity index (χ3v) is 8.65. The van der Waals surface area contributed by atoms with Crippen LogP contribution in [0.1, 0.15) is 30.4 Å². The highest BCUT2D eigenvalue weighted by molar-refractivity contribution is 7.92. The molecule has 0 spiro atoms. The lowest BCUT2D eigenvalue weighted by Crippen LogP contribution is -2.44. The summed E-state index contributed by atoms with van der Waals surface area (Å²) in [6, 6.07) is 11.8. The highest BCUT2D eigenvalue weighted by Crippen LogP contribution is 2.40. The Hall–Kier alpha value is -4.66. The number of sulfonamides is 1. The molecule has 5 rings (SSSR count). The molecule has 0 saturated carbocycles. The minimum atomic E-state index is -4.61. The maximum atomic E-state index is 12.7. The van der Waals surface area contributed by atoms with Crippen molar-refractivity contribution in [3.05, 3.63) is 66.0 Å². The number of alkyl halides is 3. The lowest BCUT2D eigenvalue weighted by atomic mass is 10.0. The predicted octanol–water partition coefficient (Wildman–Crippen LogP) is 6.35. The van der Waals surface area contributed by atoms with Crippen LogP contribution < -0.4 is 14.8 Å². The van der Waals surface area contributed by atoms with Crippen molar-refractivity contribution in [1.29, 1.82) is 0 Å². The number of fused-ring (bicyclic) bond motifs is 1. The van der Waals surface area contributed by atoms with Gasteiger partial charge in [0.15, 0.2) is 0 Å². The summed E-state index contributed by atoms with van der Waals surface area (Å²) in [5.41, 5.74) is 2.43. The minimum Gasteiger partial charge on any atom is -0.465 e. The van der Waals surface area contributed by atoms with Crippen LogP contribution in [0, 0.1) is 13.8 Å². The van der Waals surface area contributed by atoms with Gasteiger partial charge in [-0.25, -0.2) is 28.2 Å². The van der Waals surface area contributed by atoms with Gasteiger partial charge in [0.25, 0.3) is 0 Å². The van der Waals surface area contributed by atoms with Gasteiger partial charge in [-0.3, -0.25) is 4.72 Å². The van der Waals surface area contributed by atoms with E-state index in [9.17, 15) is 31.5 Å². The van der Waals surface area contributed by atoms with E-state index >= 15 is 0 Å². The molecule has 1 aliphatic heterocycles. The summed E-state index contributed by atoms with van der Waals surface area (Å²) in [6.07, 6.45) is -2.46. The van der Waals surface area contributed by atoms with E-state index in [0.717, 1.165) is 6.42 Å². The number of halogens is 3. The lowest BCUT2D eigenvalue weighted by molar-refractivity contribution is -0.129. The Bertz CT molecular complexity index is 1840. The number of aromatic nitrogens is 3. The standard InChI is InChI=1S/C30H31F3N6O5S/c1-18-7-10-22-21(25(18)38-45(42,43)16-12-30(31,32)33)9-8-19(2)26(22)44-27-23(6-3-13-34-27)24-11-14-35-28(37-24)36-20-5-4-15-39(17-20)29(40)41/h3,6-11,13-14,20,38H,4-5,12,15-17H2,1-2H3,(H,40,41)(H,35,36,37)/t20-/m0/s1. The molecule has 2 aromatic carbocycles. The molecular weight excluding hydrogens is 613 g/mol. The molecule has 0 unspecified atom stereocenters. The third kappa shape index (κ3) is 7.71. The number of piperidine rings is 1. The van der Waals surface area contributed by atoms with Crippen molar-refractivity contribution in [2.45, 2.75) is 45.3 Å². The molecule has 0 aliphatic carbocycles. The summed E-state index contributed by atoms with van der Waals surface area (Å²) in [4.78, 5) is 26.1. The molecule has 15 heteroatoms. The van der Waals surface area contributed by atoms with Crippen molar-refractivity contribution in [2.24, 2.45) is 0 Å². The second-order valence-electron chi connectivity index (χ2n) is 10.8. The van der Waals surface area contributed by atoms with Gasteiger partial charge in [-0.05, 0) is 56.0 Å². The number of anilines is 2. The number of pyridine rings is 1. The number of ether oxygens (including phenoxy) is 1. The molecule has 1 saturated heterocycles. The number of carboxylic acid groups (broad SMARTS) is 1. The predicted molar refractivity (Wildman–Crippen MR) is 163 cm³/mol. The fourth-order valence-electron chi connectivity index (χ4n) is 5.12. The van der Waals surface area contributed by atoms with Crippen molar-refractivity contribution in [3.63, 3.8) is 0 Å². The van der Waals surface area contributed by atoms with E-state index in [0.29, 0.717) is 64.4 Å². The number of benzene rings is 2. The van der Waals surface area contributed by atoms with Gasteiger partial charge in [0.05, 0.1) is 29.1 Å². The molecule has 1 atom stereocenters. The number of nitrogens with zero attached hydrogens (tertiary/aromatic N) is 4. The van der Waals surface area contributed by atoms with Gasteiger partial charge in [-0.2, -0.15) is 13.2 Å². The summed E-state index contributed by atoms with van der Waals surface area (Å²) in [5, 5.41) is 13.5. The Morgan fingerprint density at radius 2 is 1.82 bits per heavy atom. The molecular formula is C30H31F3N6O5S. The number of likely N-dealkylation sites (tertiary alicyclic amines) is 1. The fraction of sp³-hybridized carbons (Fsp3) is 0.333. The summed E-state index contributed by atoms with van der Waals surface area (Å²) < 4.78 is 72.1. The van der Waals surface area contributed by atoms with E-state index in [-0.39, 0.29) is 17.6 Å². The summed E-state index contributed by atoms with van der Waals surface area (Å²) in [6.45, 7) is 4.25. The van der Waals surface area contributed by atoms with Crippen molar-refractivity contribution in [2.75, 3.05) is 28.9 Å². The Balaban J connectivity index is 1.45. The topological polar surface area (TPSA) is 147 Å². The van der Waals surface area contributed by atoms with Crippen LogP contribution in [0.2, 0.25) is 0 Å². The van der Waals surface area contributed by atoms with Crippen LogP contribution in [0.25, 0.3) is 22.0 Å². The molecule has 0 bridgehead atoms. The number of rotatable bonds is 9. The molecule has 0 radical (unpaired) electrons. The van der Waals surface area contributed by atoms with E-state index < -0.39 is 34.5 Å². The number of nitrogens with one attached hydrogen (secondary N) is 2. The zero-order valence-electron chi connectivity index (χ0n) is 24.4. The fourth-order valence-corrected chi connectivity index (χ4v) is 6.30. The van der Waals surface area contributed by atoms with Gasteiger partial charge in [0.1, 0.15) is 5.75 Å². The minimum absolute atomic E-state index is 0.156. The first-order valence-electron chi connectivity index (χ1n) is 14.1. The molecule has 238 valence electrons. The first kappa shape index (κ1) is 31.8. The second-order valence-corrected chi connectivity index (χ2v) is 12.6. The Morgan fingerprint density at radius 1 is 1.07 bits per heavy atom. The molecule has 11 nitrogen and oxygen atoms in total. The van der Waals surface area contributed by atoms with Crippen LogP contribution in [0.3, 0.4) is 0 Å². The average Bonchev–Trinajstić information content (AvgIpc) is 2.99. The number of hydrogen-bond acceptors (Lipinski definition) is 8. The van der Waals surface area contributed by atoms with E-state index in [1.165, 1.54) is 4.90 Å². The SMILES string of the molecule is Cc1ccc2c(Oc3ncccc3-c3ccnc(N[C@H]4CCCN(C(=O)O)C4)n3)c(C)ccc2c1NS(=O)(=O)CCC(F)(F)F. The maximum Gasteiger partial charge on any atom is 0.407 e. The average molecular weight is 645 g/mol. The highest BCUT2D eigenvalue weighted by atomic mass is 32.2. The normalized spacial score (nSPS) is 15.6. The molecule has 1 fully saturated rings. The van der Waals surface area contributed by atoms with Crippen LogP contribution in [0.4, 0.5) is 29.6 Å². The molecule has 3 N–H and O–H groups in total. The quantitative estimate of drug-likeness (QED) is 0.190. The van der Waals surface area contributed by atoms with Crippen LogP contribution in [0.5, 0.6) is 11.6 Å². The van der Waals surface area contributed by atoms with Crippen LogP contribution in [0.15, 0.2) is 54.9 Å². The molecule has 45 heavy (non-hydrogen) atoms. The summed E-state index contributed by atoms with van der Waals surface area (Å²) in [7, 11) is -4.30. The van der Waals surface area contributed by atoms with Crippen LogP contribution in [-0.4, -0.2) is 70.5 Å². The molecule has 1 amide bonds. The molecule has 3 heterocycles. The number of carbonyl (C=O) groups is 1. The highest BCUT2D eigenvalue weighted by Gasteiger charge is 2.30. The maximum absolute atomic E-state index is 12.7. The van der Waals surface area contributed by atoms with E-state index in [1.54, 1.807) is 61.8 Å². The molecule has 2 aromatic heterocycles. The Labute approximate surface area is 257 Å². The second kappa shape index (κ2) is 12.8.